The van der Waals surface area contributed by atoms with Crippen molar-refractivity contribution in [3.05, 3.63) is 81.7 Å². The number of hydrogen-bond acceptors (Lipinski definition) is 5. The zero-order valence-corrected chi connectivity index (χ0v) is 23.9. The van der Waals surface area contributed by atoms with Crippen molar-refractivity contribution in [3.63, 3.8) is 0 Å². The number of para-hydroxylation sites is 2. The smallest absolute Gasteiger partial charge is 0.262 e. The Bertz CT molecular complexity index is 1380. The summed E-state index contributed by atoms with van der Waals surface area (Å²) < 4.78 is 6.07. The van der Waals surface area contributed by atoms with Crippen LogP contribution in [0.3, 0.4) is 0 Å². The number of ether oxygens (including phenoxy) is 1. The van der Waals surface area contributed by atoms with E-state index in [1.165, 1.54) is 0 Å². The van der Waals surface area contributed by atoms with Crippen molar-refractivity contribution >= 4 is 34.8 Å². The summed E-state index contributed by atoms with van der Waals surface area (Å²) in [5.74, 6) is -0.272. The molecule has 204 valence electrons. The van der Waals surface area contributed by atoms with Gasteiger partial charge in [0.1, 0.15) is 5.75 Å². The van der Waals surface area contributed by atoms with Gasteiger partial charge < -0.3 is 15.0 Å². The zero-order valence-electron chi connectivity index (χ0n) is 23.2. The molecule has 3 aliphatic rings. The van der Waals surface area contributed by atoms with Gasteiger partial charge in [0, 0.05) is 53.9 Å². The Morgan fingerprint density at radius 1 is 0.897 bits per heavy atom. The molecule has 39 heavy (non-hydrogen) atoms. The summed E-state index contributed by atoms with van der Waals surface area (Å²) >= 11 is 6.19. The first kappa shape index (κ1) is 27.2. The molecule has 0 atom stereocenters. The molecule has 0 bridgehead atoms. The van der Waals surface area contributed by atoms with Crippen molar-refractivity contribution in [1.82, 2.24) is 4.90 Å². The van der Waals surface area contributed by atoms with Crippen molar-refractivity contribution in [2.45, 2.75) is 59.3 Å². The van der Waals surface area contributed by atoms with Crippen LogP contribution in [0.15, 0.2) is 71.1 Å². The number of carbonyl (C=O) groups is 3. The summed E-state index contributed by atoms with van der Waals surface area (Å²) in [6, 6.07) is 14.4. The van der Waals surface area contributed by atoms with E-state index in [-0.39, 0.29) is 34.9 Å². The third-order valence-corrected chi connectivity index (χ3v) is 8.25. The predicted octanol–water partition coefficient (Wildman–Crippen LogP) is 6.67. The van der Waals surface area contributed by atoms with Crippen molar-refractivity contribution < 1.29 is 19.1 Å². The van der Waals surface area contributed by atoms with E-state index in [4.69, 9.17) is 16.3 Å². The fraction of sp³-hybridized carbons (Fsp3) is 0.406. The molecule has 2 aliphatic carbocycles. The molecule has 2 aromatic rings. The number of rotatable bonds is 5. The van der Waals surface area contributed by atoms with E-state index in [9.17, 15) is 14.4 Å². The highest BCUT2D eigenvalue weighted by Crippen LogP contribution is 2.54. The lowest BCUT2D eigenvalue weighted by atomic mass is 9.63. The quantitative estimate of drug-likeness (QED) is 0.453. The zero-order chi connectivity index (χ0) is 28.1. The monoisotopic (exact) mass is 546 g/mol. The van der Waals surface area contributed by atoms with Crippen molar-refractivity contribution in [2.75, 3.05) is 19.0 Å². The van der Waals surface area contributed by atoms with Crippen LogP contribution < -0.4 is 10.1 Å². The number of benzene rings is 2. The Morgan fingerprint density at radius 3 is 2.03 bits per heavy atom. The molecule has 0 spiro atoms. The standard InChI is InChI=1S/C32H35ClN2O4/c1-31(2)14-22-29(24(36)16-31)28(30-23(35(22)5)15-32(3,4)17-25(30)37)19-10-6-9-13-26(19)39-18-27(38)34-21-12-8-7-11-20(21)33/h6-13,28H,14-18H2,1-5H3,(H,34,38). The van der Waals surface area contributed by atoms with Gasteiger partial charge >= 0.3 is 0 Å². The van der Waals surface area contributed by atoms with Crippen LogP contribution in [0.2, 0.25) is 5.02 Å². The normalized spacial score (nSPS) is 20.5. The summed E-state index contributed by atoms with van der Waals surface area (Å²) in [4.78, 5) is 42.4. The minimum atomic E-state index is -0.527. The van der Waals surface area contributed by atoms with Gasteiger partial charge in [0.15, 0.2) is 18.2 Å². The number of allylic oxidation sites excluding steroid dienone is 4. The number of nitrogens with one attached hydrogen (secondary N) is 1. The van der Waals surface area contributed by atoms with Crippen LogP contribution in [-0.2, 0) is 14.4 Å². The van der Waals surface area contributed by atoms with Gasteiger partial charge in [0.25, 0.3) is 5.91 Å². The number of anilines is 1. The molecular weight excluding hydrogens is 512 g/mol. The van der Waals surface area contributed by atoms with Gasteiger partial charge in [-0.2, -0.15) is 0 Å². The number of nitrogens with zero attached hydrogens (tertiary/aromatic N) is 1. The Kier molecular flexibility index (Phi) is 6.96. The third-order valence-electron chi connectivity index (χ3n) is 7.92. The van der Waals surface area contributed by atoms with Crippen LogP contribution in [0.25, 0.3) is 0 Å². The van der Waals surface area contributed by atoms with Crippen molar-refractivity contribution in [3.8, 4) is 5.75 Å². The van der Waals surface area contributed by atoms with Crippen LogP contribution >= 0.6 is 11.6 Å². The van der Waals surface area contributed by atoms with Gasteiger partial charge in [-0.1, -0.05) is 69.6 Å². The van der Waals surface area contributed by atoms with E-state index in [0.29, 0.717) is 40.4 Å². The minimum absolute atomic E-state index is 0.0635. The number of ketones is 2. The Balaban J connectivity index is 1.55. The highest BCUT2D eigenvalue weighted by atomic mass is 35.5. The molecule has 7 heteroatoms. The molecule has 1 amide bonds. The van der Waals surface area contributed by atoms with E-state index in [1.54, 1.807) is 30.3 Å². The Labute approximate surface area is 235 Å². The Morgan fingerprint density at radius 2 is 1.44 bits per heavy atom. The number of Topliss-reactive ketones (excluding diaryl/α,β-unsaturated/α-hetero) is 2. The van der Waals surface area contributed by atoms with Crippen molar-refractivity contribution in [2.24, 2.45) is 10.8 Å². The van der Waals surface area contributed by atoms with Crippen LogP contribution in [0.1, 0.15) is 64.9 Å². The lowest BCUT2D eigenvalue weighted by Crippen LogP contribution is -2.43. The molecule has 0 aromatic heterocycles. The number of amides is 1. The van der Waals surface area contributed by atoms with E-state index in [0.717, 1.165) is 29.8 Å². The maximum atomic E-state index is 13.8. The van der Waals surface area contributed by atoms with E-state index in [2.05, 4.69) is 37.9 Å². The first-order chi connectivity index (χ1) is 18.4. The average Bonchev–Trinajstić information content (AvgIpc) is 2.84. The van der Waals surface area contributed by atoms with E-state index in [1.807, 2.05) is 25.2 Å². The van der Waals surface area contributed by atoms with E-state index < -0.39 is 5.92 Å². The van der Waals surface area contributed by atoms with Gasteiger partial charge in [0.2, 0.25) is 0 Å². The summed E-state index contributed by atoms with van der Waals surface area (Å²) in [5.41, 5.74) is 4.22. The second kappa shape index (κ2) is 9.98. The number of carbonyl (C=O) groups excluding carboxylic acids is 3. The average molecular weight is 547 g/mol. The van der Waals surface area contributed by atoms with Gasteiger partial charge in [-0.25, -0.2) is 0 Å². The van der Waals surface area contributed by atoms with Crippen LogP contribution in [-0.4, -0.2) is 36.0 Å². The molecule has 1 aliphatic heterocycles. The van der Waals surface area contributed by atoms with Gasteiger partial charge in [-0.3, -0.25) is 14.4 Å². The molecule has 6 nitrogen and oxygen atoms in total. The van der Waals surface area contributed by atoms with Gasteiger partial charge in [-0.05, 0) is 41.9 Å². The third kappa shape index (κ3) is 5.27. The molecule has 0 saturated heterocycles. The fourth-order valence-corrected chi connectivity index (χ4v) is 6.40. The number of halogens is 1. The summed E-state index contributed by atoms with van der Waals surface area (Å²) in [7, 11) is 1.99. The fourth-order valence-electron chi connectivity index (χ4n) is 6.22. The van der Waals surface area contributed by atoms with Gasteiger partial charge in [-0.15, -0.1) is 0 Å². The predicted molar refractivity (Wildman–Crippen MR) is 153 cm³/mol. The van der Waals surface area contributed by atoms with Crippen LogP contribution in [0.4, 0.5) is 5.69 Å². The van der Waals surface area contributed by atoms with E-state index >= 15 is 0 Å². The second-order valence-electron chi connectivity index (χ2n) is 12.4. The highest BCUT2D eigenvalue weighted by Gasteiger charge is 2.48. The topological polar surface area (TPSA) is 75.7 Å². The molecule has 0 unspecified atom stereocenters. The molecular formula is C32H35ClN2O4. The highest BCUT2D eigenvalue weighted by molar-refractivity contribution is 6.33. The maximum absolute atomic E-state index is 13.8. The lowest BCUT2D eigenvalue weighted by molar-refractivity contribution is -0.120. The summed E-state index contributed by atoms with van der Waals surface area (Å²) in [6.45, 7) is 8.23. The summed E-state index contributed by atoms with van der Waals surface area (Å²) in [5, 5.41) is 3.22. The number of hydrogen-bond donors (Lipinski definition) is 1. The molecule has 1 heterocycles. The molecule has 2 aromatic carbocycles. The maximum Gasteiger partial charge on any atom is 0.262 e. The summed E-state index contributed by atoms with van der Waals surface area (Å²) in [6.07, 6.45) is 2.33. The molecule has 1 N–H and O–H groups in total. The SMILES string of the molecule is CN1C2=C(C(=O)CC(C)(C)C2)C(c2ccccc2OCC(=O)Nc2ccccc2Cl)C2=C1CC(C)(C)CC2=O. The molecule has 0 radical (unpaired) electrons. The lowest BCUT2D eigenvalue weighted by Gasteiger charge is -2.48. The first-order valence-electron chi connectivity index (χ1n) is 13.4. The molecule has 0 fully saturated rings. The van der Waals surface area contributed by atoms with Crippen LogP contribution in [0, 0.1) is 10.8 Å². The largest absolute Gasteiger partial charge is 0.483 e. The second-order valence-corrected chi connectivity index (χ2v) is 12.9. The van der Waals surface area contributed by atoms with Crippen molar-refractivity contribution in [1.29, 1.82) is 0 Å². The minimum Gasteiger partial charge on any atom is -0.483 e. The first-order valence-corrected chi connectivity index (χ1v) is 13.8. The Hall–Kier alpha value is -3.38. The van der Waals surface area contributed by atoms with Crippen LogP contribution in [0.5, 0.6) is 5.75 Å². The molecule has 0 saturated carbocycles. The molecule has 5 rings (SSSR count). The van der Waals surface area contributed by atoms with Gasteiger partial charge in [0.05, 0.1) is 10.7 Å².